The number of nitrogens with two attached hydrogens (primary N) is 1. The van der Waals surface area contributed by atoms with E-state index in [-0.39, 0.29) is 0 Å². The van der Waals surface area contributed by atoms with Crippen molar-refractivity contribution in [2.24, 2.45) is 5.73 Å². The molecule has 2 N–H and O–H groups in total. The fourth-order valence-corrected chi connectivity index (χ4v) is 2.96. The minimum atomic E-state index is 0.514. The Hall–Kier alpha value is -1.39. The van der Waals surface area contributed by atoms with Gasteiger partial charge in [0.25, 0.3) is 0 Å². The molecule has 1 aliphatic heterocycles. The van der Waals surface area contributed by atoms with Gasteiger partial charge in [0.2, 0.25) is 0 Å². The van der Waals surface area contributed by atoms with Gasteiger partial charge in [-0.05, 0) is 39.5 Å². The molecule has 2 aromatic rings. The Morgan fingerprint density at radius 1 is 1.26 bits per heavy atom. The summed E-state index contributed by atoms with van der Waals surface area (Å²) in [6.07, 6.45) is 2.91. The van der Waals surface area contributed by atoms with E-state index in [0.29, 0.717) is 6.54 Å². The Morgan fingerprint density at radius 3 is 2.84 bits per heavy atom. The minimum absolute atomic E-state index is 0.514. The maximum absolute atomic E-state index is 5.83. The van der Waals surface area contributed by atoms with E-state index in [9.17, 15) is 0 Å². The number of nitrogens with zero attached hydrogens (tertiary/aromatic N) is 2. The lowest BCUT2D eigenvalue weighted by molar-refractivity contribution is 0.715. The van der Waals surface area contributed by atoms with Gasteiger partial charge in [0.15, 0.2) is 0 Å². The van der Waals surface area contributed by atoms with Gasteiger partial charge in [-0.1, -0.05) is 24.3 Å². The van der Waals surface area contributed by atoms with Gasteiger partial charge in [-0.2, -0.15) is 0 Å². The molecule has 0 radical (unpaired) electrons. The van der Waals surface area contributed by atoms with Crippen molar-refractivity contribution in [2.45, 2.75) is 19.5 Å². The predicted octanol–water partition coefficient (Wildman–Crippen LogP) is 2.87. The summed E-state index contributed by atoms with van der Waals surface area (Å²) in [7, 11) is 0. The van der Waals surface area contributed by atoms with E-state index in [1.807, 2.05) is 6.20 Å². The quantitative estimate of drug-likeness (QED) is 0.926. The van der Waals surface area contributed by atoms with Crippen molar-refractivity contribution in [2.75, 3.05) is 11.4 Å². The maximum Gasteiger partial charge on any atom is 0.133 e. The first-order valence-corrected chi connectivity index (χ1v) is 7.23. The summed E-state index contributed by atoms with van der Waals surface area (Å²) in [6, 6.07) is 10.7. The average molecular weight is 318 g/mol. The highest BCUT2D eigenvalue weighted by atomic mass is 79.9. The van der Waals surface area contributed by atoms with Crippen LogP contribution in [0.25, 0.3) is 0 Å². The van der Waals surface area contributed by atoms with Crippen molar-refractivity contribution < 1.29 is 0 Å². The Kier molecular flexibility index (Phi) is 3.53. The van der Waals surface area contributed by atoms with Gasteiger partial charge < -0.3 is 10.6 Å². The van der Waals surface area contributed by atoms with Crippen molar-refractivity contribution in [3.63, 3.8) is 0 Å². The molecule has 0 unspecified atom stereocenters. The maximum atomic E-state index is 5.83. The van der Waals surface area contributed by atoms with Crippen LogP contribution in [0.1, 0.15) is 16.7 Å². The van der Waals surface area contributed by atoms with Crippen LogP contribution in [0.3, 0.4) is 0 Å². The van der Waals surface area contributed by atoms with E-state index in [4.69, 9.17) is 5.73 Å². The van der Waals surface area contributed by atoms with Crippen molar-refractivity contribution in [3.05, 3.63) is 57.7 Å². The van der Waals surface area contributed by atoms with Gasteiger partial charge in [-0.15, -0.1) is 0 Å². The van der Waals surface area contributed by atoms with Crippen molar-refractivity contribution in [3.8, 4) is 0 Å². The lowest BCUT2D eigenvalue weighted by Crippen LogP contribution is -2.32. The fraction of sp³-hybridized carbons (Fsp3) is 0.267. The van der Waals surface area contributed by atoms with Gasteiger partial charge >= 0.3 is 0 Å². The van der Waals surface area contributed by atoms with E-state index >= 15 is 0 Å². The molecule has 0 spiro atoms. The van der Waals surface area contributed by atoms with E-state index < -0.39 is 0 Å². The molecule has 3 rings (SSSR count). The van der Waals surface area contributed by atoms with E-state index in [1.54, 1.807) is 0 Å². The summed E-state index contributed by atoms with van der Waals surface area (Å²) >= 11 is 3.45. The number of anilines is 1. The summed E-state index contributed by atoms with van der Waals surface area (Å²) in [4.78, 5) is 6.86. The molecule has 1 aromatic heterocycles. The SMILES string of the molecule is NCc1cc(Br)cnc1N1CCc2ccccc2C1. The van der Waals surface area contributed by atoms with Gasteiger partial charge in [-0.3, -0.25) is 0 Å². The number of hydrogen-bond donors (Lipinski definition) is 1. The van der Waals surface area contributed by atoms with Crippen LogP contribution >= 0.6 is 15.9 Å². The lowest BCUT2D eigenvalue weighted by atomic mass is 9.99. The van der Waals surface area contributed by atoms with Gasteiger partial charge in [0, 0.05) is 35.9 Å². The highest BCUT2D eigenvalue weighted by molar-refractivity contribution is 9.10. The topological polar surface area (TPSA) is 42.1 Å². The average Bonchev–Trinajstić information content (AvgIpc) is 2.46. The number of aromatic nitrogens is 1. The first-order valence-electron chi connectivity index (χ1n) is 6.44. The number of hydrogen-bond acceptors (Lipinski definition) is 3. The Bertz CT molecular complexity index is 598. The Morgan fingerprint density at radius 2 is 2.05 bits per heavy atom. The second-order valence-electron chi connectivity index (χ2n) is 4.78. The van der Waals surface area contributed by atoms with Crippen LogP contribution in [0, 0.1) is 0 Å². The highest BCUT2D eigenvalue weighted by Gasteiger charge is 2.19. The molecule has 19 heavy (non-hydrogen) atoms. The summed E-state index contributed by atoms with van der Waals surface area (Å²) in [6.45, 7) is 2.43. The monoisotopic (exact) mass is 317 g/mol. The zero-order chi connectivity index (χ0) is 13.2. The van der Waals surface area contributed by atoms with Gasteiger partial charge in [0.05, 0.1) is 0 Å². The molecule has 0 aliphatic carbocycles. The van der Waals surface area contributed by atoms with E-state index in [0.717, 1.165) is 35.4 Å². The van der Waals surface area contributed by atoms with Crippen molar-refractivity contribution >= 4 is 21.7 Å². The second kappa shape index (κ2) is 5.31. The molecular weight excluding hydrogens is 302 g/mol. The molecule has 0 bridgehead atoms. The first kappa shape index (κ1) is 12.6. The minimum Gasteiger partial charge on any atom is -0.352 e. The first-order chi connectivity index (χ1) is 9.28. The van der Waals surface area contributed by atoms with E-state index in [2.05, 4.69) is 56.1 Å². The molecule has 4 heteroatoms. The summed E-state index contributed by atoms with van der Waals surface area (Å²) in [5.41, 5.74) is 9.76. The molecule has 1 aromatic carbocycles. The summed E-state index contributed by atoms with van der Waals surface area (Å²) in [5, 5.41) is 0. The molecule has 0 saturated heterocycles. The third kappa shape index (κ3) is 2.51. The van der Waals surface area contributed by atoms with Crippen molar-refractivity contribution in [1.82, 2.24) is 4.98 Å². The predicted molar refractivity (Wildman–Crippen MR) is 81.0 cm³/mol. The second-order valence-corrected chi connectivity index (χ2v) is 5.70. The zero-order valence-electron chi connectivity index (χ0n) is 10.6. The van der Waals surface area contributed by atoms with Crippen LogP contribution in [0.5, 0.6) is 0 Å². The Balaban J connectivity index is 1.93. The lowest BCUT2D eigenvalue weighted by Gasteiger charge is -2.31. The molecular formula is C15H16BrN3. The van der Waals surface area contributed by atoms with Crippen LogP contribution in [-0.4, -0.2) is 11.5 Å². The largest absolute Gasteiger partial charge is 0.352 e. The molecule has 0 atom stereocenters. The van der Waals surface area contributed by atoms with Crippen molar-refractivity contribution in [1.29, 1.82) is 0 Å². The van der Waals surface area contributed by atoms with Gasteiger partial charge in [-0.25, -0.2) is 4.98 Å². The smallest absolute Gasteiger partial charge is 0.133 e. The van der Waals surface area contributed by atoms with Crippen LogP contribution in [-0.2, 0) is 19.5 Å². The van der Waals surface area contributed by atoms with Crippen LogP contribution in [0.15, 0.2) is 41.0 Å². The highest BCUT2D eigenvalue weighted by Crippen LogP contribution is 2.27. The number of rotatable bonds is 2. The summed E-state index contributed by atoms with van der Waals surface area (Å²) in [5.74, 6) is 1.01. The Labute approximate surface area is 121 Å². The molecule has 0 amide bonds. The van der Waals surface area contributed by atoms with Crippen LogP contribution < -0.4 is 10.6 Å². The van der Waals surface area contributed by atoms with Gasteiger partial charge in [0.1, 0.15) is 5.82 Å². The van der Waals surface area contributed by atoms with Crippen LogP contribution in [0.2, 0.25) is 0 Å². The molecule has 0 saturated carbocycles. The molecule has 3 nitrogen and oxygen atoms in total. The third-order valence-corrected chi connectivity index (χ3v) is 3.99. The fourth-order valence-electron chi connectivity index (χ4n) is 2.59. The number of fused-ring (bicyclic) bond motifs is 1. The molecule has 2 heterocycles. The zero-order valence-corrected chi connectivity index (χ0v) is 12.2. The third-order valence-electron chi connectivity index (χ3n) is 3.56. The molecule has 98 valence electrons. The standard InChI is InChI=1S/C15H16BrN3/c16-14-7-13(8-17)15(18-9-14)19-6-5-11-3-1-2-4-12(11)10-19/h1-4,7,9H,5-6,8,10,17H2. The number of pyridine rings is 1. The number of benzene rings is 1. The van der Waals surface area contributed by atoms with Crippen LogP contribution in [0.4, 0.5) is 5.82 Å². The normalized spacial score (nSPS) is 14.3. The molecule has 1 aliphatic rings. The molecule has 0 fully saturated rings. The summed E-state index contributed by atoms with van der Waals surface area (Å²) < 4.78 is 0.981. The van der Waals surface area contributed by atoms with E-state index in [1.165, 1.54) is 11.1 Å². The number of halogens is 1.